The predicted octanol–water partition coefficient (Wildman–Crippen LogP) is 7.48. The van der Waals surface area contributed by atoms with Crippen LogP contribution in [0.5, 0.6) is 0 Å². The van der Waals surface area contributed by atoms with Crippen LogP contribution in [0.25, 0.3) is 44.4 Å². The van der Waals surface area contributed by atoms with Crippen molar-refractivity contribution >= 4 is 56.3 Å². The maximum absolute atomic E-state index is 15.7. The van der Waals surface area contributed by atoms with Crippen molar-refractivity contribution < 1.29 is 24.2 Å². The summed E-state index contributed by atoms with van der Waals surface area (Å²) in [6.45, 7) is 9.85. The van der Waals surface area contributed by atoms with Crippen molar-refractivity contribution in [2.24, 2.45) is 0 Å². The Labute approximate surface area is 243 Å². The topological polar surface area (TPSA) is 132 Å². The molecule has 0 aromatic carbocycles. The van der Waals surface area contributed by atoms with Crippen molar-refractivity contribution in [3.63, 3.8) is 0 Å². The molecule has 0 unspecified atom stereocenters. The molecule has 0 atom stereocenters. The van der Waals surface area contributed by atoms with Gasteiger partial charge in [-0.15, -0.1) is 0 Å². The molecule has 218 valence electrons. The highest BCUT2D eigenvalue weighted by atomic mass is 19.1. The van der Waals surface area contributed by atoms with E-state index in [0.29, 0.717) is 40.1 Å². The Bertz CT molecular complexity index is 1860. The predicted molar refractivity (Wildman–Crippen MR) is 163 cm³/mol. The molecule has 0 spiro atoms. The fraction of sp³-hybridized carbons (Fsp3) is 0.333. The molecule has 3 aromatic rings. The highest BCUT2D eigenvalue weighted by Crippen LogP contribution is 2.38. The van der Waals surface area contributed by atoms with Crippen LogP contribution < -0.4 is 0 Å². The summed E-state index contributed by atoms with van der Waals surface area (Å²) in [6.07, 6.45) is 1.66. The standard InChI is InChI=1S/C33H35FN4O4/c1-6-19-16(3)23-13-27-20(7-2)33(34)30(38-27)14-25-18(5)22(9-11-32(41)42)29(37-25)15-28-21(8-10-31(39)40)17(4)24(36-28)12-26(19)35-23/h12-15,35,38H,6-11H2,1-5H3,(H,39,40)(H,41,42). The minimum Gasteiger partial charge on any atom is -0.481 e. The molecule has 2 aliphatic heterocycles. The van der Waals surface area contributed by atoms with E-state index < -0.39 is 11.9 Å². The fourth-order valence-electron chi connectivity index (χ4n) is 5.94. The molecule has 42 heavy (non-hydrogen) atoms. The van der Waals surface area contributed by atoms with Crippen LogP contribution in [0.3, 0.4) is 0 Å². The monoisotopic (exact) mass is 570 g/mol. The maximum Gasteiger partial charge on any atom is 0.303 e. The fourth-order valence-corrected chi connectivity index (χ4v) is 5.94. The van der Waals surface area contributed by atoms with Gasteiger partial charge in [0, 0.05) is 35.0 Å². The number of H-pyrrole nitrogens is 2. The van der Waals surface area contributed by atoms with Crippen molar-refractivity contribution in [2.45, 2.75) is 73.1 Å². The molecule has 2 aliphatic rings. The number of halogens is 1. The second kappa shape index (κ2) is 11.4. The van der Waals surface area contributed by atoms with Gasteiger partial charge in [0.05, 0.1) is 28.3 Å². The first-order chi connectivity index (χ1) is 20.0. The third kappa shape index (κ3) is 5.26. The molecule has 5 rings (SSSR count). The van der Waals surface area contributed by atoms with E-state index in [1.54, 1.807) is 6.07 Å². The van der Waals surface area contributed by atoms with Gasteiger partial charge in [-0.25, -0.2) is 14.4 Å². The number of allylic oxidation sites excluding steroid dienone is 4. The summed E-state index contributed by atoms with van der Waals surface area (Å²) in [4.78, 5) is 39.5. The molecule has 4 N–H and O–H groups in total. The Kier molecular flexibility index (Phi) is 7.86. The normalized spacial score (nSPS) is 13.3. The van der Waals surface area contributed by atoms with E-state index in [4.69, 9.17) is 9.97 Å². The van der Waals surface area contributed by atoms with Crippen LogP contribution in [0, 0.1) is 12.7 Å². The van der Waals surface area contributed by atoms with E-state index in [1.807, 2.05) is 45.9 Å². The van der Waals surface area contributed by atoms with Crippen molar-refractivity contribution in [3.8, 4) is 0 Å². The maximum atomic E-state index is 15.7. The Morgan fingerprint density at radius 2 is 1.17 bits per heavy atom. The zero-order valence-electron chi connectivity index (χ0n) is 24.5. The highest BCUT2D eigenvalue weighted by molar-refractivity contribution is 5.96. The number of nitrogens with one attached hydrogen (secondary N) is 2. The second-order valence-electron chi connectivity index (χ2n) is 10.8. The van der Waals surface area contributed by atoms with E-state index in [2.05, 4.69) is 16.9 Å². The van der Waals surface area contributed by atoms with Crippen LogP contribution in [-0.2, 0) is 22.4 Å². The van der Waals surface area contributed by atoms with Crippen molar-refractivity contribution in [3.05, 3.63) is 69.5 Å². The number of carbonyl (C=O) groups is 2. The third-order valence-corrected chi connectivity index (χ3v) is 8.33. The molecule has 0 saturated heterocycles. The molecule has 0 fully saturated rings. The third-order valence-electron chi connectivity index (χ3n) is 8.33. The van der Waals surface area contributed by atoms with Gasteiger partial charge in [-0.2, -0.15) is 0 Å². The quantitative estimate of drug-likeness (QED) is 0.222. The number of carboxylic acids is 2. The summed E-state index contributed by atoms with van der Waals surface area (Å²) >= 11 is 0. The SMILES string of the molecule is CCc1c(C)c2cc3[nH]c(cc4nc(cc5nc(cc1[nH]2)C(C)=C5CCC(=O)O)C(CCC(=O)O)=C4C)c(F)c3CC. The molecule has 3 aromatic heterocycles. The summed E-state index contributed by atoms with van der Waals surface area (Å²) in [5, 5.41) is 18.8. The van der Waals surface area contributed by atoms with Crippen LogP contribution in [0.15, 0.2) is 24.3 Å². The summed E-state index contributed by atoms with van der Waals surface area (Å²) in [5.74, 6) is -2.17. The van der Waals surface area contributed by atoms with Crippen LogP contribution in [-0.4, -0.2) is 42.1 Å². The van der Waals surface area contributed by atoms with Crippen LogP contribution in [0.1, 0.15) is 92.8 Å². The number of aromatic nitrogens is 4. The molecule has 0 radical (unpaired) electrons. The lowest BCUT2D eigenvalue weighted by atomic mass is 9.98. The van der Waals surface area contributed by atoms with Gasteiger partial charge in [0.25, 0.3) is 0 Å². The number of hydrogen-bond acceptors (Lipinski definition) is 4. The second-order valence-corrected chi connectivity index (χ2v) is 10.8. The minimum atomic E-state index is -0.929. The number of nitrogens with zero attached hydrogens (tertiary/aromatic N) is 2. The Morgan fingerprint density at radius 1 is 0.690 bits per heavy atom. The molecule has 5 heterocycles. The molecule has 0 saturated carbocycles. The molecule has 0 aliphatic carbocycles. The van der Waals surface area contributed by atoms with Gasteiger partial charge in [-0.05, 0) is 104 Å². The number of rotatable bonds is 8. The van der Waals surface area contributed by atoms with Gasteiger partial charge in [0.2, 0.25) is 0 Å². The number of fused-ring (bicyclic) bond motifs is 8. The lowest BCUT2D eigenvalue weighted by Crippen LogP contribution is -1.97. The number of carboxylic acid groups (broad SMARTS) is 2. The first-order valence-corrected chi connectivity index (χ1v) is 14.3. The molecular weight excluding hydrogens is 535 g/mol. The molecule has 8 nitrogen and oxygen atoms in total. The van der Waals surface area contributed by atoms with Gasteiger partial charge in [-0.3, -0.25) is 9.59 Å². The van der Waals surface area contributed by atoms with E-state index in [1.165, 1.54) is 0 Å². The highest BCUT2D eigenvalue weighted by Gasteiger charge is 2.23. The summed E-state index contributed by atoms with van der Waals surface area (Å²) in [6, 6.07) is 7.41. The number of hydrogen-bond donors (Lipinski definition) is 4. The lowest BCUT2D eigenvalue weighted by molar-refractivity contribution is -0.137. The Morgan fingerprint density at radius 3 is 1.67 bits per heavy atom. The lowest BCUT2D eigenvalue weighted by Gasteiger charge is -2.05. The zero-order chi connectivity index (χ0) is 30.3. The number of aliphatic carboxylic acids is 2. The average molecular weight is 571 g/mol. The van der Waals surface area contributed by atoms with Crippen molar-refractivity contribution in [2.75, 3.05) is 0 Å². The first kappa shape index (κ1) is 29.0. The van der Waals surface area contributed by atoms with Gasteiger partial charge < -0.3 is 20.2 Å². The van der Waals surface area contributed by atoms with Crippen molar-refractivity contribution in [1.82, 2.24) is 19.9 Å². The van der Waals surface area contributed by atoms with Gasteiger partial charge in [-0.1, -0.05) is 13.8 Å². The molecular formula is C33H35FN4O4. The van der Waals surface area contributed by atoms with E-state index in [9.17, 15) is 19.8 Å². The summed E-state index contributed by atoms with van der Waals surface area (Å²) in [7, 11) is 0. The number of aromatic amines is 2. The largest absolute Gasteiger partial charge is 0.481 e. The van der Waals surface area contributed by atoms with Crippen LogP contribution in [0.2, 0.25) is 0 Å². The average Bonchev–Trinajstić information content (AvgIpc) is 3.59. The Hall–Kier alpha value is -4.53. The minimum absolute atomic E-state index is 0.0555. The summed E-state index contributed by atoms with van der Waals surface area (Å²) < 4.78 is 15.7. The van der Waals surface area contributed by atoms with Crippen LogP contribution in [0.4, 0.5) is 4.39 Å². The van der Waals surface area contributed by atoms with Crippen molar-refractivity contribution in [1.29, 1.82) is 0 Å². The zero-order valence-corrected chi connectivity index (χ0v) is 24.5. The van der Waals surface area contributed by atoms with Gasteiger partial charge >= 0.3 is 11.9 Å². The molecule has 8 bridgehead atoms. The van der Waals surface area contributed by atoms with E-state index >= 15 is 4.39 Å². The number of aryl methyl sites for hydroxylation is 3. The van der Waals surface area contributed by atoms with Gasteiger partial charge in [0.1, 0.15) is 0 Å². The van der Waals surface area contributed by atoms with E-state index in [-0.39, 0.29) is 31.5 Å². The van der Waals surface area contributed by atoms with Crippen LogP contribution >= 0.6 is 0 Å². The van der Waals surface area contributed by atoms with E-state index in [0.717, 1.165) is 56.6 Å². The summed E-state index contributed by atoms with van der Waals surface area (Å²) in [5.41, 5.74) is 11.1. The first-order valence-electron chi connectivity index (χ1n) is 14.3. The smallest absolute Gasteiger partial charge is 0.303 e. The Balaban J connectivity index is 1.92. The van der Waals surface area contributed by atoms with Gasteiger partial charge in [0.15, 0.2) is 5.82 Å². The molecule has 9 heteroatoms. The molecule has 0 amide bonds.